The molecular formula is C21H25N5O. The van der Waals surface area contributed by atoms with Gasteiger partial charge in [0.25, 0.3) is 0 Å². The number of amides is 2. The number of hydrogen-bond donors (Lipinski definition) is 1. The molecule has 0 radical (unpaired) electrons. The van der Waals surface area contributed by atoms with Crippen LogP contribution in [-0.2, 0) is 13.0 Å². The first-order chi connectivity index (χ1) is 13.1. The highest BCUT2D eigenvalue weighted by Crippen LogP contribution is 2.23. The minimum Gasteiger partial charge on any atom is -0.324 e. The first-order valence-corrected chi connectivity index (χ1v) is 9.56. The fraction of sp³-hybridized carbons (Fsp3) is 0.381. The number of likely N-dealkylation sites (tertiary alicyclic amines) is 1. The van der Waals surface area contributed by atoms with Crippen molar-refractivity contribution in [1.82, 2.24) is 19.4 Å². The first-order valence-electron chi connectivity index (χ1n) is 9.56. The van der Waals surface area contributed by atoms with Gasteiger partial charge in [-0.1, -0.05) is 17.7 Å². The Hall–Kier alpha value is -2.89. The van der Waals surface area contributed by atoms with Crippen molar-refractivity contribution in [2.24, 2.45) is 5.92 Å². The molecule has 2 aromatic heterocycles. The molecule has 3 heterocycles. The molecular weight excluding hydrogens is 338 g/mol. The Bertz CT molecular complexity index is 947. The zero-order valence-corrected chi connectivity index (χ0v) is 15.9. The second-order valence-electron chi connectivity index (χ2n) is 7.22. The molecule has 3 aromatic rings. The van der Waals surface area contributed by atoms with Gasteiger partial charge in [-0.3, -0.25) is 0 Å². The van der Waals surface area contributed by atoms with Crippen molar-refractivity contribution in [3.8, 4) is 0 Å². The highest BCUT2D eigenvalue weighted by atomic mass is 16.2. The third-order valence-electron chi connectivity index (χ3n) is 5.25. The van der Waals surface area contributed by atoms with Crippen LogP contribution in [0.2, 0.25) is 0 Å². The minimum absolute atomic E-state index is 0.0213. The molecule has 6 heteroatoms. The average Bonchev–Trinajstić information content (AvgIpc) is 3.28. The van der Waals surface area contributed by atoms with Crippen LogP contribution in [0.1, 0.15) is 24.7 Å². The van der Waals surface area contributed by atoms with E-state index >= 15 is 0 Å². The molecule has 2 amide bonds. The van der Waals surface area contributed by atoms with E-state index in [1.165, 1.54) is 5.56 Å². The Morgan fingerprint density at radius 2 is 2.07 bits per heavy atom. The van der Waals surface area contributed by atoms with Crippen molar-refractivity contribution in [1.29, 1.82) is 0 Å². The number of pyridine rings is 1. The summed E-state index contributed by atoms with van der Waals surface area (Å²) >= 11 is 0. The number of aryl methyl sites for hydroxylation is 2. The van der Waals surface area contributed by atoms with Gasteiger partial charge in [-0.25, -0.2) is 14.8 Å². The Morgan fingerprint density at radius 3 is 2.85 bits per heavy atom. The summed E-state index contributed by atoms with van der Waals surface area (Å²) in [7, 11) is 0. The molecule has 27 heavy (non-hydrogen) atoms. The van der Waals surface area contributed by atoms with E-state index in [1.807, 2.05) is 54.4 Å². The maximum atomic E-state index is 12.5. The van der Waals surface area contributed by atoms with Crippen molar-refractivity contribution in [3.63, 3.8) is 0 Å². The first kappa shape index (κ1) is 17.5. The highest BCUT2D eigenvalue weighted by Gasteiger charge is 2.28. The van der Waals surface area contributed by atoms with Crippen LogP contribution >= 0.6 is 0 Å². The van der Waals surface area contributed by atoms with Gasteiger partial charge in [-0.05, 0) is 50.5 Å². The Balaban J connectivity index is 1.41. The minimum atomic E-state index is -0.0213. The largest absolute Gasteiger partial charge is 0.324 e. The van der Waals surface area contributed by atoms with Crippen LogP contribution in [-0.4, -0.2) is 38.6 Å². The van der Waals surface area contributed by atoms with Crippen molar-refractivity contribution in [3.05, 3.63) is 54.0 Å². The summed E-state index contributed by atoms with van der Waals surface area (Å²) in [5, 5.41) is 3.00. The second-order valence-corrected chi connectivity index (χ2v) is 7.22. The van der Waals surface area contributed by atoms with Gasteiger partial charge in [0.2, 0.25) is 0 Å². The van der Waals surface area contributed by atoms with Crippen LogP contribution in [0.25, 0.3) is 11.2 Å². The summed E-state index contributed by atoms with van der Waals surface area (Å²) < 4.78 is 2.18. The van der Waals surface area contributed by atoms with Crippen molar-refractivity contribution in [2.75, 3.05) is 18.4 Å². The lowest BCUT2D eigenvalue weighted by molar-refractivity contribution is 0.220. The number of nitrogens with zero attached hydrogens (tertiary/aromatic N) is 4. The predicted octanol–water partition coefficient (Wildman–Crippen LogP) is 3.86. The van der Waals surface area contributed by atoms with E-state index < -0.39 is 0 Å². The lowest BCUT2D eigenvalue weighted by atomic mass is 10.0. The number of benzene rings is 1. The molecule has 1 atom stereocenters. The lowest BCUT2D eigenvalue weighted by Gasteiger charge is -2.17. The van der Waals surface area contributed by atoms with E-state index in [-0.39, 0.29) is 6.03 Å². The van der Waals surface area contributed by atoms with Crippen molar-refractivity contribution < 1.29 is 4.79 Å². The number of rotatable bonds is 4. The van der Waals surface area contributed by atoms with Gasteiger partial charge in [0.05, 0.1) is 0 Å². The molecule has 0 spiro atoms. The van der Waals surface area contributed by atoms with Crippen molar-refractivity contribution >= 4 is 22.9 Å². The van der Waals surface area contributed by atoms with E-state index in [0.717, 1.165) is 55.2 Å². The number of carbonyl (C=O) groups excluding carboxylic acids is 1. The number of hydrogen-bond acceptors (Lipinski definition) is 3. The second kappa shape index (κ2) is 7.39. The van der Waals surface area contributed by atoms with E-state index in [4.69, 9.17) is 4.98 Å². The molecule has 1 saturated heterocycles. The standard InChI is InChI=1S/C21H25N5O/c1-3-26-19(24-18-5-4-11-22-20(18)26)13-16-10-12-25(14-16)21(27)23-17-8-6-15(2)7-9-17/h4-9,11,16H,3,10,12-14H2,1-2H3,(H,23,27)/t16-/m0/s1. The Labute approximate surface area is 159 Å². The molecule has 0 bridgehead atoms. The molecule has 4 rings (SSSR count). The predicted molar refractivity (Wildman–Crippen MR) is 107 cm³/mol. The average molecular weight is 363 g/mol. The van der Waals surface area contributed by atoms with E-state index in [2.05, 4.69) is 21.8 Å². The number of aromatic nitrogens is 3. The van der Waals surface area contributed by atoms with Gasteiger partial charge < -0.3 is 14.8 Å². The number of imidazole rings is 1. The van der Waals surface area contributed by atoms with Crippen molar-refractivity contribution in [2.45, 2.75) is 33.2 Å². The van der Waals surface area contributed by atoms with Crippen LogP contribution in [0.4, 0.5) is 10.5 Å². The summed E-state index contributed by atoms with van der Waals surface area (Å²) in [6, 6.07) is 11.8. The normalized spacial score (nSPS) is 16.8. The Kier molecular flexibility index (Phi) is 4.79. The molecule has 1 aliphatic rings. The number of carbonyl (C=O) groups is 1. The summed E-state index contributed by atoms with van der Waals surface area (Å²) in [6.07, 6.45) is 3.69. The quantitative estimate of drug-likeness (QED) is 0.766. The fourth-order valence-corrected chi connectivity index (χ4v) is 3.77. The van der Waals surface area contributed by atoms with Crippen LogP contribution in [0.5, 0.6) is 0 Å². The summed E-state index contributed by atoms with van der Waals surface area (Å²) in [5.74, 6) is 1.49. The molecule has 1 N–H and O–H groups in total. The van der Waals surface area contributed by atoms with Crippen LogP contribution in [0.3, 0.4) is 0 Å². The summed E-state index contributed by atoms with van der Waals surface area (Å²) in [5.41, 5.74) is 3.92. The Morgan fingerprint density at radius 1 is 1.26 bits per heavy atom. The third-order valence-corrected chi connectivity index (χ3v) is 5.25. The van der Waals surface area contributed by atoms with E-state index in [9.17, 15) is 4.79 Å². The highest BCUT2D eigenvalue weighted by molar-refractivity contribution is 5.89. The number of urea groups is 1. The molecule has 0 unspecified atom stereocenters. The third kappa shape index (κ3) is 3.65. The smallest absolute Gasteiger partial charge is 0.321 e. The topological polar surface area (TPSA) is 63.1 Å². The van der Waals surface area contributed by atoms with Gasteiger partial charge in [-0.2, -0.15) is 0 Å². The fourth-order valence-electron chi connectivity index (χ4n) is 3.77. The molecule has 0 aliphatic carbocycles. The van der Waals surface area contributed by atoms with Gasteiger partial charge in [-0.15, -0.1) is 0 Å². The van der Waals surface area contributed by atoms with Crippen LogP contribution in [0, 0.1) is 12.8 Å². The summed E-state index contributed by atoms with van der Waals surface area (Å²) in [4.78, 5) is 23.7. The molecule has 1 fully saturated rings. The van der Waals surface area contributed by atoms with Gasteiger partial charge in [0, 0.05) is 37.9 Å². The van der Waals surface area contributed by atoms with Crippen LogP contribution < -0.4 is 5.32 Å². The van der Waals surface area contributed by atoms with Gasteiger partial charge >= 0.3 is 6.03 Å². The zero-order chi connectivity index (χ0) is 18.8. The molecule has 140 valence electrons. The lowest BCUT2D eigenvalue weighted by Crippen LogP contribution is -2.33. The van der Waals surface area contributed by atoms with Gasteiger partial charge in [0.1, 0.15) is 11.3 Å². The number of nitrogens with one attached hydrogen (secondary N) is 1. The molecule has 0 saturated carbocycles. The maximum Gasteiger partial charge on any atom is 0.321 e. The number of anilines is 1. The van der Waals surface area contributed by atoms with E-state index in [1.54, 1.807) is 0 Å². The molecule has 6 nitrogen and oxygen atoms in total. The summed E-state index contributed by atoms with van der Waals surface area (Å²) in [6.45, 7) is 6.56. The molecule has 1 aromatic carbocycles. The molecule has 1 aliphatic heterocycles. The maximum absolute atomic E-state index is 12.5. The zero-order valence-electron chi connectivity index (χ0n) is 15.9. The SMILES string of the molecule is CCn1c(C[C@@H]2CCN(C(=O)Nc3ccc(C)cc3)C2)nc2cccnc21. The number of fused-ring (bicyclic) bond motifs is 1. The van der Waals surface area contributed by atoms with Crippen LogP contribution in [0.15, 0.2) is 42.6 Å². The monoisotopic (exact) mass is 363 g/mol. The van der Waals surface area contributed by atoms with E-state index in [0.29, 0.717) is 5.92 Å². The van der Waals surface area contributed by atoms with Gasteiger partial charge in [0.15, 0.2) is 5.65 Å².